The lowest BCUT2D eigenvalue weighted by molar-refractivity contribution is 0.221. The fourth-order valence-corrected chi connectivity index (χ4v) is 2.86. The maximum atomic E-state index is 9.42. The number of hydrogen-bond acceptors (Lipinski definition) is 4. The molecular weight excluding hydrogens is 256 g/mol. The second-order valence-electron chi connectivity index (χ2n) is 4.72. The molecule has 1 atom stereocenters. The zero-order chi connectivity index (χ0) is 13.5. The molecule has 0 saturated carbocycles. The lowest BCUT2D eigenvalue weighted by atomic mass is 10.0. The normalized spacial score (nSPS) is 12.5. The van der Waals surface area contributed by atoms with Crippen LogP contribution in [0, 0.1) is 12.8 Å². The number of aryl methyl sites for hydroxylation is 1. The highest BCUT2D eigenvalue weighted by atomic mass is 32.1. The summed E-state index contributed by atoms with van der Waals surface area (Å²) in [6.07, 6.45) is 2.61. The molecule has 19 heavy (non-hydrogen) atoms. The number of aromatic nitrogens is 1. The van der Waals surface area contributed by atoms with Gasteiger partial charge < -0.3 is 10.4 Å². The summed E-state index contributed by atoms with van der Waals surface area (Å²) in [4.78, 5) is 6.98. The van der Waals surface area contributed by atoms with Crippen LogP contribution in [-0.2, 0) is 13.0 Å². The third kappa shape index (κ3) is 4.74. The van der Waals surface area contributed by atoms with Gasteiger partial charge in [0, 0.05) is 41.3 Å². The predicted molar refractivity (Wildman–Crippen MR) is 79.3 cm³/mol. The van der Waals surface area contributed by atoms with Crippen LogP contribution in [0.25, 0.3) is 0 Å². The van der Waals surface area contributed by atoms with Gasteiger partial charge in [-0.05, 0) is 43.5 Å². The zero-order valence-electron chi connectivity index (χ0n) is 11.2. The van der Waals surface area contributed by atoms with Crippen LogP contribution in [-0.4, -0.2) is 23.2 Å². The fourth-order valence-electron chi connectivity index (χ4n) is 2.00. The number of aliphatic hydroxyl groups excluding tert-OH is 1. The van der Waals surface area contributed by atoms with Crippen LogP contribution >= 0.6 is 11.3 Å². The number of thiophene rings is 1. The summed E-state index contributed by atoms with van der Waals surface area (Å²) in [7, 11) is 0. The Bertz CT molecular complexity index is 484. The van der Waals surface area contributed by atoms with Crippen LogP contribution < -0.4 is 5.32 Å². The van der Waals surface area contributed by atoms with E-state index in [0.717, 1.165) is 25.2 Å². The molecular formula is C15H20N2OS. The lowest BCUT2D eigenvalue weighted by Gasteiger charge is -2.14. The Hall–Kier alpha value is -1.23. The standard InChI is InChI=1S/C15H20N2OS/c1-12-5-6-15(19-12)10-16-9-13(11-18)8-14-4-2-3-7-17-14/h2-7,13,16,18H,8-11H2,1H3. The predicted octanol–water partition coefficient (Wildman–Crippen LogP) is 2.39. The molecule has 1 unspecified atom stereocenters. The van der Waals surface area contributed by atoms with E-state index in [0.29, 0.717) is 0 Å². The van der Waals surface area contributed by atoms with Crippen molar-refractivity contribution in [1.82, 2.24) is 10.3 Å². The van der Waals surface area contributed by atoms with E-state index in [1.54, 1.807) is 6.20 Å². The van der Waals surface area contributed by atoms with Gasteiger partial charge in [0.15, 0.2) is 0 Å². The van der Waals surface area contributed by atoms with Crippen LogP contribution in [0.15, 0.2) is 36.5 Å². The minimum Gasteiger partial charge on any atom is -0.396 e. The van der Waals surface area contributed by atoms with Crippen molar-refractivity contribution in [2.45, 2.75) is 19.9 Å². The maximum absolute atomic E-state index is 9.42. The minimum atomic E-state index is 0.188. The molecule has 0 aliphatic rings. The van der Waals surface area contributed by atoms with Gasteiger partial charge >= 0.3 is 0 Å². The molecule has 2 N–H and O–H groups in total. The summed E-state index contributed by atoms with van der Waals surface area (Å²) in [5.41, 5.74) is 1.04. The van der Waals surface area contributed by atoms with Gasteiger partial charge in [0.2, 0.25) is 0 Å². The molecule has 2 aromatic heterocycles. The van der Waals surface area contributed by atoms with E-state index >= 15 is 0 Å². The Morgan fingerprint density at radius 1 is 1.32 bits per heavy atom. The molecule has 0 spiro atoms. The molecule has 0 aliphatic carbocycles. The van der Waals surface area contributed by atoms with Crippen molar-refractivity contribution in [3.8, 4) is 0 Å². The van der Waals surface area contributed by atoms with Crippen molar-refractivity contribution in [3.63, 3.8) is 0 Å². The van der Waals surface area contributed by atoms with Gasteiger partial charge in [0.05, 0.1) is 0 Å². The third-order valence-electron chi connectivity index (χ3n) is 3.01. The summed E-state index contributed by atoms with van der Waals surface area (Å²) in [5.74, 6) is 0.218. The SMILES string of the molecule is Cc1ccc(CNCC(CO)Cc2ccccn2)s1. The van der Waals surface area contributed by atoms with Gasteiger partial charge in [-0.1, -0.05) is 6.07 Å². The van der Waals surface area contributed by atoms with Crippen molar-refractivity contribution < 1.29 is 5.11 Å². The molecule has 2 heterocycles. The van der Waals surface area contributed by atoms with E-state index in [4.69, 9.17) is 0 Å². The first-order valence-corrected chi connectivity index (χ1v) is 7.36. The van der Waals surface area contributed by atoms with E-state index in [1.165, 1.54) is 9.75 Å². The maximum Gasteiger partial charge on any atom is 0.0475 e. The number of aliphatic hydroxyl groups is 1. The zero-order valence-corrected chi connectivity index (χ0v) is 12.0. The molecule has 4 heteroatoms. The van der Waals surface area contributed by atoms with E-state index < -0.39 is 0 Å². The molecule has 2 aromatic rings. The largest absolute Gasteiger partial charge is 0.396 e. The second kappa shape index (κ2) is 7.38. The van der Waals surface area contributed by atoms with Crippen LogP contribution in [0.1, 0.15) is 15.4 Å². The number of rotatable bonds is 7. The van der Waals surface area contributed by atoms with Gasteiger partial charge in [0.25, 0.3) is 0 Å². The second-order valence-corrected chi connectivity index (χ2v) is 6.09. The Morgan fingerprint density at radius 2 is 2.21 bits per heavy atom. The molecule has 0 fully saturated rings. The number of nitrogens with zero attached hydrogens (tertiary/aromatic N) is 1. The van der Waals surface area contributed by atoms with Crippen LogP contribution in [0.4, 0.5) is 0 Å². The topological polar surface area (TPSA) is 45.1 Å². The van der Waals surface area contributed by atoms with Crippen LogP contribution in [0.3, 0.4) is 0 Å². The van der Waals surface area contributed by atoms with E-state index in [9.17, 15) is 5.11 Å². The first-order valence-electron chi connectivity index (χ1n) is 6.54. The Labute approximate surface area is 118 Å². The first-order chi connectivity index (χ1) is 9.28. The summed E-state index contributed by atoms with van der Waals surface area (Å²) in [6, 6.07) is 10.2. The molecule has 0 aromatic carbocycles. The van der Waals surface area contributed by atoms with Crippen molar-refractivity contribution in [2.75, 3.05) is 13.2 Å². The summed E-state index contributed by atoms with van der Waals surface area (Å²) < 4.78 is 0. The van der Waals surface area contributed by atoms with E-state index in [1.807, 2.05) is 29.5 Å². The van der Waals surface area contributed by atoms with Crippen molar-refractivity contribution in [2.24, 2.45) is 5.92 Å². The van der Waals surface area contributed by atoms with Crippen molar-refractivity contribution >= 4 is 11.3 Å². The van der Waals surface area contributed by atoms with Gasteiger partial charge in [-0.25, -0.2) is 0 Å². The molecule has 0 bridgehead atoms. The highest BCUT2D eigenvalue weighted by molar-refractivity contribution is 7.11. The molecule has 0 radical (unpaired) electrons. The summed E-state index contributed by atoms with van der Waals surface area (Å²) in [6.45, 7) is 3.99. The van der Waals surface area contributed by atoms with Gasteiger partial charge in [-0.3, -0.25) is 4.98 Å². The lowest BCUT2D eigenvalue weighted by Crippen LogP contribution is -2.26. The van der Waals surface area contributed by atoms with Gasteiger partial charge in [0.1, 0.15) is 0 Å². The Kier molecular flexibility index (Phi) is 5.51. The number of pyridine rings is 1. The minimum absolute atomic E-state index is 0.188. The monoisotopic (exact) mass is 276 g/mol. The highest BCUT2D eigenvalue weighted by Crippen LogP contribution is 2.14. The number of nitrogens with one attached hydrogen (secondary N) is 1. The molecule has 3 nitrogen and oxygen atoms in total. The quantitative estimate of drug-likeness (QED) is 0.816. The molecule has 0 saturated heterocycles. The highest BCUT2D eigenvalue weighted by Gasteiger charge is 2.09. The van der Waals surface area contributed by atoms with E-state index in [-0.39, 0.29) is 12.5 Å². The van der Waals surface area contributed by atoms with Crippen LogP contribution in [0.2, 0.25) is 0 Å². The van der Waals surface area contributed by atoms with Crippen LogP contribution in [0.5, 0.6) is 0 Å². The Balaban J connectivity index is 1.76. The molecule has 2 rings (SSSR count). The Morgan fingerprint density at radius 3 is 2.84 bits per heavy atom. The average molecular weight is 276 g/mol. The van der Waals surface area contributed by atoms with Crippen molar-refractivity contribution in [1.29, 1.82) is 0 Å². The molecule has 0 amide bonds. The number of hydrogen-bond donors (Lipinski definition) is 2. The van der Waals surface area contributed by atoms with Crippen molar-refractivity contribution in [3.05, 3.63) is 52.0 Å². The van der Waals surface area contributed by atoms with Gasteiger partial charge in [-0.15, -0.1) is 11.3 Å². The first kappa shape index (κ1) is 14.2. The fraction of sp³-hybridized carbons (Fsp3) is 0.400. The molecule has 102 valence electrons. The third-order valence-corrected chi connectivity index (χ3v) is 4.01. The summed E-state index contributed by atoms with van der Waals surface area (Å²) >= 11 is 1.81. The smallest absolute Gasteiger partial charge is 0.0475 e. The average Bonchev–Trinajstić information content (AvgIpc) is 2.84. The summed E-state index contributed by atoms with van der Waals surface area (Å²) in [5, 5.41) is 12.8. The van der Waals surface area contributed by atoms with Gasteiger partial charge in [-0.2, -0.15) is 0 Å². The van der Waals surface area contributed by atoms with E-state index in [2.05, 4.69) is 29.4 Å². The molecule has 0 aliphatic heterocycles.